The summed E-state index contributed by atoms with van der Waals surface area (Å²) in [6.45, 7) is 9.82. The number of rotatable bonds is 15. The monoisotopic (exact) mass is 917 g/mol. The zero-order chi connectivity index (χ0) is 46.5. The quantitative estimate of drug-likeness (QED) is 0.118. The molecule has 358 valence electrons. The van der Waals surface area contributed by atoms with Crippen LogP contribution in [0.5, 0.6) is 11.5 Å². The van der Waals surface area contributed by atoms with Crippen molar-refractivity contribution < 1.29 is 13.9 Å². The number of nitriles is 2. The summed E-state index contributed by atoms with van der Waals surface area (Å²) in [7, 11) is 2.46. The van der Waals surface area contributed by atoms with Crippen molar-refractivity contribution in [3.05, 3.63) is 130 Å². The van der Waals surface area contributed by atoms with E-state index in [1.165, 1.54) is 62.5 Å². The normalized spacial score (nSPS) is 26.5. The van der Waals surface area contributed by atoms with Crippen LogP contribution in [0, 0.1) is 52.2 Å². The largest absolute Gasteiger partial charge is 0.494 e. The highest BCUT2D eigenvalue weighted by atomic mass is 19.1. The van der Waals surface area contributed by atoms with Crippen molar-refractivity contribution in [1.82, 2.24) is 20.0 Å². The maximum absolute atomic E-state index is 15.8. The maximum Gasteiger partial charge on any atom is 0.126 e. The van der Waals surface area contributed by atoms with Crippen molar-refractivity contribution in [2.45, 2.75) is 113 Å². The van der Waals surface area contributed by atoms with Gasteiger partial charge in [-0.2, -0.15) is 10.5 Å². The highest BCUT2D eigenvalue weighted by molar-refractivity contribution is 5.44. The van der Waals surface area contributed by atoms with E-state index < -0.39 is 0 Å². The SMILES string of the molecule is CN1CCc2cc(C3CCC(C4(C5CCN(CCCOc6ccc(C#N)cc6)CC5)NCCc5c(F)cccc54)C3)ccc2C1(C1CCCC1)C1CCN(CCCOc2ccc(C#N)cc2)CC1. The first-order valence-corrected chi connectivity index (χ1v) is 26.5. The molecule has 4 aliphatic heterocycles. The van der Waals surface area contributed by atoms with E-state index in [1.807, 2.05) is 54.6 Å². The van der Waals surface area contributed by atoms with Gasteiger partial charge in [0.15, 0.2) is 0 Å². The van der Waals surface area contributed by atoms with Gasteiger partial charge in [0.2, 0.25) is 0 Å². The number of likely N-dealkylation sites (N-methyl/N-ethyl adjacent to an activating group) is 1. The van der Waals surface area contributed by atoms with E-state index in [-0.39, 0.29) is 16.9 Å². The van der Waals surface area contributed by atoms with Gasteiger partial charge in [-0.25, -0.2) is 4.39 Å². The number of hydrogen-bond acceptors (Lipinski definition) is 8. The third-order valence-corrected chi connectivity index (χ3v) is 18.0. The summed E-state index contributed by atoms with van der Waals surface area (Å²) in [6.07, 6.45) is 17.5. The number of halogens is 1. The molecule has 6 aliphatic rings. The lowest BCUT2D eigenvalue weighted by Crippen LogP contribution is -2.59. The lowest BCUT2D eigenvalue weighted by molar-refractivity contribution is -0.0391. The fraction of sp³-hybridized carbons (Fsp3) is 0.559. The van der Waals surface area contributed by atoms with Crippen LogP contribution in [0.25, 0.3) is 0 Å². The summed E-state index contributed by atoms with van der Waals surface area (Å²) in [6, 6.07) is 33.0. The number of fused-ring (bicyclic) bond motifs is 2. The van der Waals surface area contributed by atoms with Gasteiger partial charge in [0, 0.05) is 31.7 Å². The molecule has 0 bridgehead atoms. The van der Waals surface area contributed by atoms with Crippen molar-refractivity contribution in [2.24, 2.45) is 23.7 Å². The summed E-state index contributed by atoms with van der Waals surface area (Å²) in [4.78, 5) is 8.11. The molecule has 4 unspecified atom stereocenters. The highest BCUT2D eigenvalue weighted by Gasteiger charge is 2.54. The van der Waals surface area contributed by atoms with Crippen LogP contribution in [0.1, 0.15) is 128 Å². The number of hydrogen-bond donors (Lipinski definition) is 1. The van der Waals surface area contributed by atoms with Crippen LogP contribution in [0.2, 0.25) is 0 Å². The van der Waals surface area contributed by atoms with Gasteiger partial charge in [0.05, 0.1) is 42.0 Å². The Morgan fingerprint density at radius 1 is 0.647 bits per heavy atom. The van der Waals surface area contributed by atoms with Gasteiger partial charge in [0.25, 0.3) is 0 Å². The predicted molar refractivity (Wildman–Crippen MR) is 267 cm³/mol. The number of nitrogens with zero attached hydrogens (tertiary/aromatic N) is 5. The molecular weight excluding hydrogens is 844 g/mol. The van der Waals surface area contributed by atoms with E-state index in [9.17, 15) is 0 Å². The van der Waals surface area contributed by atoms with Crippen LogP contribution in [-0.2, 0) is 23.9 Å². The van der Waals surface area contributed by atoms with Crippen molar-refractivity contribution in [2.75, 3.05) is 72.6 Å². The average molecular weight is 917 g/mol. The van der Waals surface area contributed by atoms with Crippen molar-refractivity contribution in [3.8, 4) is 23.6 Å². The fourth-order valence-electron chi connectivity index (χ4n) is 14.8. The van der Waals surface area contributed by atoms with Crippen LogP contribution >= 0.6 is 0 Å². The zero-order valence-electron chi connectivity index (χ0n) is 40.6. The molecule has 0 aromatic heterocycles. The third-order valence-electron chi connectivity index (χ3n) is 18.0. The minimum absolute atomic E-state index is 0.0237. The molecule has 4 atom stereocenters. The molecular formula is C59H73FN6O2. The minimum Gasteiger partial charge on any atom is -0.494 e. The molecule has 2 aliphatic carbocycles. The van der Waals surface area contributed by atoms with Gasteiger partial charge in [-0.05, 0) is 229 Å². The van der Waals surface area contributed by atoms with Gasteiger partial charge in [-0.1, -0.05) is 43.2 Å². The van der Waals surface area contributed by atoms with Crippen LogP contribution in [0.4, 0.5) is 4.39 Å². The van der Waals surface area contributed by atoms with Gasteiger partial charge in [-0.15, -0.1) is 0 Å². The van der Waals surface area contributed by atoms with E-state index >= 15 is 4.39 Å². The molecule has 0 radical (unpaired) electrons. The Morgan fingerprint density at radius 2 is 1.25 bits per heavy atom. The summed E-state index contributed by atoms with van der Waals surface area (Å²) < 4.78 is 27.9. The van der Waals surface area contributed by atoms with Gasteiger partial charge < -0.3 is 24.6 Å². The van der Waals surface area contributed by atoms with Crippen molar-refractivity contribution >= 4 is 0 Å². The third kappa shape index (κ3) is 9.34. The van der Waals surface area contributed by atoms with Crippen LogP contribution in [0.15, 0.2) is 84.9 Å². The first-order chi connectivity index (χ1) is 33.4. The number of piperidine rings is 2. The molecule has 4 fully saturated rings. The standard InChI is InChI=1S/C59H73FN6O2/c1-64-32-24-47-39-45(16-22-55(47)59(64,49-7-2-3-8-49)50-27-35-66(36-28-50)31-6-38-68-53-20-13-44(42-62)14-21-53)46-15-17-51(40-46)58(56-9-4-10-57(60)54(56)23-29-63-58)48-25-33-65(34-26-48)30-5-37-67-52-18-11-43(41-61)12-19-52/h4,9-14,16,18-22,39,46,48-51,63H,2-3,5-8,15,17,23-38,40H2,1H3. The lowest BCUT2D eigenvalue weighted by Gasteiger charge is -2.56. The van der Waals surface area contributed by atoms with Crippen molar-refractivity contribution in [1.29, 1.82) is 10.5 Å². The Balaban J connectivity index is 0.816. The summed E-state index contributed by atoms with van der Waals surface area (Å²) in [5, 5.41) is 22.5. The molecule has 8 nitrogen and oxygen atoms in total. The van der Waals surface area contributed by atoms with Crippen LogP contribution in [0.3, 0.4) is 0 Å². The molecule has 4 heterocycles. The Morgan fingerprint density at radius 3 is 1.87 bits per heavy atom. The second-order valence-corrected chi connectivity index (χ2v) is 21.3. The Kier molecular flexibility index (Phi) is 14.5. The summed E-state index contributed by atoms with van der Waals surface area (Å²) >= 11 is 0. The number of likely N-dealkylation sites (tertiary alicyclic amines) is 2. The predicted octanol–water partition coefficient (Wildman–Crippen LogP) is 10.7. The van der Waals surface area contributed by atoms with Crippen molar-refractivity contribution in [3.63, 3.8) is 0 Å². The Hall–Kier alpha value is -4.77. The second-order valence-electron chi connectivity index (χ2n) is 21.3. The molecule has 2 saturated carbocycles. The molecule has 9 heteroatoms. The fourth-order valence-corrected chi connectivity index (χ4v) is 14.8. The van der Waals surface area contributed by atoms with Crippen LogP contribution in [-0.4, -0.2) is 87.3 Å². The van der Waals surface area contributed by atoms with E-state index in [0.717, 1.165) is 114 Å². The number of benzene rings is 4. The minimum atomic E-state index is -0.212. The molecule has 68 heavy (non-hydrogen) atoms. The van der Waals surface area contributed by atoms with E-state index in [1.54, 1.807) is 17.2 Å². The van der Waals surface area contributed by atoms with Gasteiger partial charge >= 0.3 is 0 Å². The maximum atomic E-state index is 15.8. The first-order valence-electron chi connectivity index (χ1n) is 26.5. The molecule has 2 saturated heterocycles. The van der Waals surface area contributed by atoms with E-state index in [2.05, 4.69) is 63.5 Å². The number of ether oxygens (including phenoxy) is 2. The molecule has 10 rings (SSSR count). The van der Waals surface area contributed by atoms with Gasteiger partial charge in [-0.3, -0.25) is 4.90 Å². The van der Waals surface area contributed by atoms with E-state index in [4.69, 9.17) is 20.0 Å². The first kappa shape index (κ1) is 46.9. The highest BCUT2D eigenvalue weighted by Crippen LogP contribution is 2.57. The number of nitrogens with one attached hydrogen (secondary N) is 1. The average Bonchev–Trinajstić information content (AvgIpc) is 4.12. The lowest BCUT2D eigenvalue weighted by atomic mass is 9.61. The molecule has 4 aromatic rings. The summed E-state index contributed by atoms with van der Waals surface area (Å²) in [5.41, 5.74) is 8.21. The molecule has 0 spiro atoms. The topological polar surface area (TPSA) is 87.8 Å². The Bertz CT molecular complexity index is 2410. The van der Waals surface area contributed by atoms with Crippen LogP contribution < -0.4 is 14.8 Å². The molecule has 1 N–H and O–H groups in total. The molecule has 4 aromatic carbocycles. The zero-order valence-corrected chi connectivity index (χ0v) is 40.6. The van der Waals surface area contributed by atoms with Gasteiger partial charge in [0.1, 0.15) is 17.3 Å². The second kappa shape index (κ2) is 21.1. The smallest absolute Gasteiger partial charge is 0.126 e. The summed E-state index contributed by atoms with van der Waals surface area (Å²) in [5.74, 6) is 4.42. The molecule has 0 amide bonds. The van der Waals surface area contributed by atoms with E-state index in [0.29, 0.717) is 53.9 Å². The Labute approximate surface area is 405 Å².